The molecule has 0 fully saturated rings. The summed E-state index contributed by atoms with van der Waals surface area (Å²) < 4.78 is 0. The maximum atomic E-state index is 5.90. The molecule has 0 saturated heterocycles. The topological polar surface area (TPSA) is 27.6 Å². The van der Waals surface area contributed by atoms with E-state index in [9.17, 15) is 0 Å². The number of hydrogen-bond acceptors (Lipinski definition) is 1. The Balaban J connectivity index is 2.25. The summed E-state index contributed by atoms with van der Waals surface area (Å²) in [7, 11) is 0. The van der Waals surface area contributed by atoms with E-state index < -0.39 is 0 Å². The molecule has 0 bridgehead atoms. The van der Waals surface area contributed by atoms with Gasteiger partial charge in [-0.3, -0.25) is 0 Å². The van der Waals surface area contributed by atoms with Gasteiger partial charge in [-0.25, -0.2) is 4.99 Å². The molecule has 2 aromatic rings. The highest BCUT2D eigenvalue weighted by Gasteiger charge is 2.11. The lowest BCUT2D eigenvalue weighted by molar-refractivity contribution is 0.467. The maximum absolute atomic E-state index is 5.90. The van der Waals surface area contributed by atoms with Crippen molar-refractivity contribution >= 4 is 40.5 Å². The van der Waals surface area contributed by atoms with Crippen molar-refractivity contribution in [2.24, 2.45) is 4.99 Å². The van der Waals surface area contributed by atoms with Gasteiger partial charge in [-0.2, -0.15) is 0 Å². The third-order valence-electron chi connectivity index (χ3n) is 3.40. The van der Waals surface area contributed by atoms with E-state index in [1.165, 1.54) is 0 Å². The first-order chi connectivity index (χ1) is 11.1. The van der Waals surface area contributed by atoms with E-state index in [1.807, 2.05) is 54.6 Å². The summed E-state index contributed by atoms with van der Waals surface area (Å²) in [6.07, 6.45) is 0. The van der Waals surface area contributed by atoms with Crippen molar-refractivity contribution in [2.75, 3.05) is 18.4 Å². The van der Waals surface area contributed by atoms with Crippen LogP contribution in [0.4, 0.5) is 5.69 Å². The molecule has 0 aromatic heterocycles. The maximum Gasteiger partial charge on any atom is 0.199 e. The van der Waals surface area contributed by atoms with Crippen LogP contribution in [-0.4, -0.2) is 28.9 Å². The molecule has 0 amide bonds. The molecule has 120 valence electrons. The molecule has 0 spiro atoms. The lowest BCUT2D eigenvalue weighted by atomic mass is 10.2. The highest BCUT2D eigenvalue weighted by atomic mass is 35.5. The normalized spacial score (nSPS) is 11.2. The van der Waals surface area contributed by atoms with Crippen molar-refractivity contribution in [2.45, 2.75) is 13.8 Å². The molecule has 3 nitrogen and oxygen atoms in total. The Bertz CT molecular complexity index is 664. The number of anilines is 1. The van der Waals surface area contributed by atoms with Crippen LogP contribution in [0.15, 0.2) is 59.6 Å². The van der Waals surface area contributed by atoms with Crippen molar-refractivity contribution in [3.63, 3.8) is 0 Å². The van der Waals surface area contributed by atoms with Gasteiger partial charge in [0.1, 0.15) is 5.84 Å². The fourth-order valence-corrected chi connectivity index (χ4v) is 2.54. The molecule has 0 radical (unpaired) electrons. The highest BCUT2D eigenvalue weighted by Crippen LogP contribution is 2.14. The molecule has 0 saturated carbocycles. The van der Waals surface area contributed by atoms with Gasteiger partial charge >= 0.3 is 0 Å². The van der Waals surface area contributed by atoms with Gasteiger partial charge < -0.3 is 10.2 Å². The minimum atomic E-state index is 0.429. The summed E-state index contributed by atoms with van der Waals surface area (Å²) in [5, 5.41) is 4.25. The van der Waals surface area contributed by atoms with Crippen LogP contribution in [0, 0.1) is 0 Å². The Morgan fingerprint density at radius 1 is 1.04 bits per heavy atom. The zero-order chi connectivity index (χ0) is 16.7. The van der Waals surface area contributed by atoms with Gasteiger partial charge in [-0.1, -0.05) is 41.9 Å². The minimum absolute atomic E-state index is 0.429. The Hall–Kier alpha value is -1.91. The average Bonchev–Trinajstić information content (AvgIpc) is 2.58. The van der Waals surface area contributed by atoms with Gasteiger partial charge in [0.05, 0.1) is 0 Å². The van der Waals surface area contributed by atoms with Crippen LogP contribution in [-0.2, 0) is 0 Å². The number of nitrogens with one attached hydrogen (secondary N) is 1. The lowest BCUT2D eigenvalue weighted by Crippen LogP contribution is -2.32. The molecular weight excluding hydrogens is 326 g/mol. The molecule has 0 heterocycles. The number of rotatable bonds is 4. The Kier molecular flexibility index (Phi) is 6.56. The highest BCUT2D eigenvalue weighted by molar-refractivity contribution is 7.80. The number of hydrogen-bond donors (Lipinski definition) is 1. The van der Waals surface area contributed by atoms with Crippen LogP contribution in [0.25, 0.3) is 0 Å². The quantitative estimate of drug-likeness (QED) is 0.489. The standard InChI is InChI=1S/C18H20ClN3S/c1-3-22(4-2)17(14-8-6-5-7-9-14)21-18(23)20-16-12-10-15(19)11-13-16/h5-13H,3-4H2,1-2H3,(H,20,23)/b21-17-. The number of benzene rings is 2. The molecule has 2 aromatic carbocycles. The largest absolute Gasteiger partial charge is 0.357 e. The van der Waals surface area contributed by atoms with E-state index in [0.29, 0.717) is 10.1 Å². The monoisotopic (exact) mass is 345 g/mol. The van der Waals surface area contributed by atoms with Crippen molar-refractivity contribution in [3.05, 3.63) is 65.2 Å². The Labute approximate surface area is 148 Å². The Morgan fingerprint density at radius 3 is 2.22 bits per heavy atom. The summed E-state index contributed by atoms with van der Waals surface area (Å²) in [4.78, 5) is 6.82. The van der Waals surface area contributed by atoms with Crippen LogP contribution in [0.2, 0.25) is 5.02 Å². The van der Waals surface area contributed by atoms with Crippen molar-refractivity contribution in [1.29, 1.82) is 0 Å². The van der Waals surface area contributed by atoms with Gasteiger partial charge in [0.2, 0.25) is 0 Å². The van der Waals surface area contributed by atoms with E-state index in [1.54, 1.807) is 0 Å². The van der Waals surface area contributed by atoms with Crippen molar-refractivity contribution in [1.82, 2.24) is 4.90 Å². The third-order valence-corrected chi connectivity index (χ3v) is 3.84. The molecule has 0 unspecified atom stereocenters. The first-order valence-corrected chi connectivity index (χ1v) is 8.38. The summed E-state index contributed by atoms with van der Waals surface area (Å²) in [6, 6.07) is 17.5. The van der Waals surface area contributed by atoms with E-state index in [0.717, 1.165) is 30.2 Å². The second-order valence-electron chi connectivity index (χ2n) is 4.91. The van der Waals surface area contributed by atoms with Crippen LogP contribution < -0.4 is 5.32 Å². The molecule has 0 aliphatic heterocycles. The molecule has 0 aliphatic rings. The van der Waals surface area contributed by atoms with Crippen LogP contribution in [0.1, 0.15) is 19.4 Å². The van der Waals surface area contributed by atoms with Crippen LogP contribution >= 0.6 is 23.8 Å². The zero-order valence-electron chi connectivity index (χ0n) is 13.3. The molecule has 0 aliphatic carbocycles. The van der Waals surface area contributed by atoms with Crippen molar-refractivity contribution in [3.8, 4) is 0 Å². The van der Waals surface area contributed by atoms with Gasteiger partial charge in [0, 0.05) is 29.4 Å². The van der Waals surface area contributed by atoms with Gasteiger partial charge in [0.15, 0.2) is 5.11 Å². The second-order valence-corrected chi connectivity index (χ2v) is 5.73. The molecule has 5 heteroatoms. The zero-order valence-corrected chi connectivity index (χ0v) is 14.9. The summed E-state index contributed by atoms with van der Waals surface area (Å²) in [5.74, 6) is 0.877. The number of nitrogens with zero attached hydrogens (tertiary/aromatic N) is 2. The first kappa shape index (κ1) is 17.4. The van der Waals surface area contributed by atoms with Gasteiger partial charge in [0.25, 0.3) is 0 Å². The molecule has 0 atom stereocenters. The predicted octanol–water partition coefficient (Wildman–Crippen LogP) is 4.83. The summed E-state index contributed by atoms with van der Waals surface area (Å²) >= 11 is 11.3. The van der Waals surface area contributed by atoms with E-state index >= 15 is 0 Å². The van der Waals surface area contributed by atoms with Gasteiger partial charge in [-0.05, 0) is 50.3 Å². The molecule has 1 N–H and O–H groups in total. The summed E-state index contributed by atoms with van der Waals surface area (Å²) in [5.41, 5.74) is 1.92. The van der Waals surface area contributed by atoms with Gasteiger partial charge in [-0.15, -0.1) is 0 Å². The van der Waals surface area contributed by atoms with Crippen LogP contribution in [0.5, 0.6) is 0 Å². The van der Waals surface area contributed by atoms with E-state index in [-0.39, 0.29) is 0 Å². The fourth-order valence-electron chi connectivity index (χ4n) is 2.21. The first-order valence-electron chi connectivity index (χ1n) is 7.59. The molecular formula is C18H20ClN3S. The summed E-state index contributed by atoms with van der Waals surface area (Å²) in [6.45, 7) is 5.96. The number of halogens is 1. The van der Waals surface area contributed by atoms with E-state index in [2.05, 4.69) is 29.1 Å². The second kappa shape index (κ2) is 8.65. The predicted molar refractivity (Wildman–Crippen MR) is 104 cm³/mol. The number of amidine groups is 1. The average molecular weight is 346 g/mol. The fraction of sp³-hybridized carbons (Fsp3) is 0.222. The third kappa shape index (κ3) is 5.05. The lowest BCUT2D eigenvalue weighted by Gasteiger charge is -2.23. The van der Waals surface area contributed by atoms with Crippen molar-refractivity contribution < 1.29 is 0 Å². The Morgan fingerprint density at radius 2 is 1.65 bits per heavy atom. The van der Waals surface area contributed by atoms with Crippen LogP contribution in [0.3, 0.4) is 0 Å². The SMILES string of the molecule is CCN(CC)/C(=N\C(=S)Nc1ccc(Cl)cc1)c1ccccc1. The minimum Gasteiger partial charge on any atom is -0.357 e. The molecule has 23 heavy (non-hydrogen) atoms. The number of thiocarbonyl (C=S) groups is 1. The smallest absolute Gasteiger partial charge is 0.199 e. The molecule has 2 rings (SSSR count). The number of aliphatic imine (C=N–C) groups is 1. The van der Waals surface area contributed by atoms with E-state index in [4.69, 9.17) is 23.8 Å².